The van der Waals surface area contributed by atoms with Gasteiger partial charge in [0.05, 0.1) is 11.2 Å². The highest BCUT2D eigenvalue weighted by Crippen LogP contribution is 2.30. The Kier molecular flexibility index (Phi) is 5.27. The number of pyridine rings is 2. The molecular formula is C23H24FN5O. The standard InChI is InChI=1S/C23H24FN5O/c1-15-13-29(16(2)12-28(15)14-17-7-5-6-8-18(17)24)20-11-22(30)27(4)19-9-10-21(25-3)26-23(19)20/h5-11,15-16H,12-14H2,1-2,4H3/t15-,16+/m1/s1. The van der Waals surface area contributed by atoms with Crippen LogP contribution in [0, 0.1) is 12.4 Å². The molecule has 0 aliphatic carbocycles. The van der Waals surface area contributed by atoms with Crippen molar-refractivity contribution in [2.45, 2.75) is 32.5 Å². The van der Waals surface area contributed by atoms with Crippen molar-refractivity contribution in [3.63, 3.8) is 0 Å². The van der Waals surface area contributed by atoms with Gasteiger partial charge in [-0.3, -0.25) is 9.69 Å². The topological polar surface area (TPSA) is 45.7 Å². The van der Waals surface area contributed by atoms with E-state index in [0.29, 0.717) is 35.5 Å². The third kappa shape index (κ3) is 3.55. The van der Waals surface area contributed by atoms with Gasteiger partial charge in [0.15, 0.2) is 0 Å². The molecule has 1 aromatic carbocycles. The fraction of sp³-hybridized carbons (Fsp3) is 0.348. The van der Waals surface area contributed by atoms with Crippen molar-refractivity contribution in [2.75, 3.05) is 18.0 Å². The molecule has 154 valence electrons. The average Bonchev–Trinajstić information content (AvgIpc) is 2.74. The SMILES string of the molecule is [C-]#[N+]c1ccc2c(n1)c(N1C[C@@H](C)N(Cc3ccccc3F)C[C@@H]1C)cc(=O)n2C. The van der Waals surface area contributed by atoms with E-state index in [1.54, 1.807) is 35.9 Å². The quantitative estimate of drug-likeness (QED) is 0.623. The number of fused-ring (bicyclic) bond motifs is 1. The highest BCUT2D eigenvalue weighted by atomic mass is 19.1. The number of piperazine rings is 1. The van der Waals surface area contributed by atoms with E-state index in [2.05, 4.69) is 33.5 Å². The van der Waals surface area contributed by atoms with Crippen LogP contribution in [0.1, 0.15) is 19.4 Å². The molecule has 2 atom stereocenters. The Labute approximate surface area is 175 Å². The van der Waals surface area contributed by atoms with Crippen molar-refractivity contribution in [1.82, 2.24) is 14.5 Å². The minimum absolute atomic E-state index is 0.0988. The van der Waals surface area contributed by atoms with Gasteiger partial charge in [0.25, 0.3) is 11.4 Å². The number of halogens is 1. The Morgan fingerprint density at radius 2 is 1.93 bits per heavy atom. The van der Waals surface area contributed by atoms with Crippen LogP contribution in [-0.2, 0) is 13.6 Å². The van der Waals surface area contributed by atoms with Crippen LogP contribution in [0.15, 0.2) is 47.3 Å². The molecule has 6 nitrogen and oxygen atoms in total. The van der Waals surface area contributed by atoms with E-state index in [1.165, 1.54) is 6.07 Å². The Bertz CT molecular complexity index is 1200. The monoisotopic (exact) mass is 405 g/mol. The molecule has 1 saturated heterocycles. The van der Waals surface area contributed by atoms with Crippen molar-refractivity contribution < 1.29 is 4.39 Å². The third-order valence-corrected chi connectivity index (χ3v) is 5.92. The molecule has 1 aliphatic rings. The van der Waals surface area contributed by atoms with Crippen molar-refractivity contribution in [3.05, 3.63) is 75.6 Å². The zero-order chi connectivity index (χ0) is 21.4. The summed E-state index contributed by atoms with van der Waals surface area (Å²) in [4.78, 5) is 25.0. The summed E-state index contributed by atoms with van der Waals surface area (Å²) < 4.78 is 15.7. The fourth-order valence-corrected chi connectivity index (χ4v) is 4.18. The second-order valence-electron chi connectivity index (χ2n) is 7.95. The summed E-state index contributed by atoms with van der Waals surface area (Å²) in [7, 11) is 1.71. The van der Waals surface area contributed by atoms with Crippen molar-refractivity contribution in [3.8, 4) is 0 Å². The molecule has 0 N–H and O–H groups in total. The number of hydrogen-bond acceptors (Lipinski definition) is 4. The van der Waals surface area contributed by atoms with Crippen LogP contribution < -0.4 is 10.5 Å². The van der Waals surface area contributed by atoms with E-state index >= 15 is 0 Å². The van der Waals surface area contributed by atoms with Crippen LogP contribution in [0.5, 0.6) is 0 Å². The van der Waals surface area contributed by atoms with Crippen LogP contribution in [0.2, 0.25) is 0 Å². The van der Waals surface area contributed by atoms with Crippen molar-refractivity contribution in [2.24, 2.45) is 7.05 Å². The predicted molar refractivity (Wildman–Crippen MR) is 116 cm³/mol. The van der Waals surface area contributed by atoms with Crippen LogP contribution in [-0.4, -0.2) is 39.6 Å². The van der Waals surface area contributed by atoms with Gasteiger partial charge in [0.1, 0.15) is 5.82 Å². The number of anilines is 1. The van der Waals surface area contributed by atoms with Crippen molar-refractivity contribution in [1.29, 1.82) is 0 Å². The number of rotatable bonds is 3. The molecule has 1 fully saturated rings. The van der Waals surface area contributed by atoms with E-state index in [4.69, 9.17) is 6.57 Å². The van der Waals surface area contributed by atoms with Crippen molar-refractivity contribution >= 4 is 22.5 Å². The van der Waals surface area contributed by atoms with Crippen LogP contribution in [0.4, 0.5) is 15.9 Å². The molecule has 0 bridgehead atoms. The van der Waals surface area contributed by atoms with Gasteiger partial charge in [-0.25, -0.2) is 4.39 Å². The van der Waals surface area contributed by atoms with E-state index in [-0.39, 0.29) is 23.5 Å². The summed E-state index contributed by atoms with van der Waals surface area (Å²) in [6.07, 6.45) is 0. The number of benzene rings is 1. The summed E-state index contributed by atoms with van der Waals surface area (Å²) in [5.74, 6) is 0.120. The van der Waals surface area contributed by atoms with Crippen LogP contribution in [0.3, 0.4) is 0 Å². The summed E-state index contributed by atoms with van der Waals surface area (Å²) in [5.41, 5.74) is 2.70. The van der Waals surface area contributed by atoms with Gasteiger partial charge in [-0.15, -0.1) is 4.98 Å². The number of aromatic nitrogens is 2. The highest BCUT2D eigenvalue weighted by molar-refractivity contribution is 5.89. The average molecular weight is 405 g/mol. The normalized spacial score (nSPS) is 19.8. The summed E-state index contributed by atoms with van der Waals surface area (Å²) >= 11 is 0. The van der Waals surface area contributed by atoms with E-state index < -0.39 is 0 Å². The van der Waals surface area contributed by atoms with Gasteiger partial charge in [-0.2, -0.15) is 0 Å². The molecule has 3 aromatic rings. The lowest BCUT2D eigenvalue weighted by Crippen LogP contribution is -2.56. The van der Waals surface area contributed by atoms with E-state index in [9.17, 15) is 9.18 Å². The maximum Gasteiger partial charge on any atom is 0.270 e. The second kappa shape index (κ2) is 7.88. The predicted octanol–water partition coefficient (Wildman–Crippen LogP) is 3.72. The Balaban J connectivity index is 1.68. The van der Waals surface area contributed by atoms with Gasteiger partial charge in [0.2, 0.25) is 5.52 Å². The molecule has 0 radical (unpaired) electrons. The molecule has 1 aliphatic heterocycles. The van der Waals surface area contributed by atoms with E-state index in [0.717, 1.165) is 12.2 Å². The fourth-order valence-electron chi connectivity index (χ4n) is 4.18. The molecule has 2 aromatic heterocycles. The first-order valence-electron chi connectivity index (χ1n) is 10.0. The van der Waals surface area contributed by atoms with Gasteiger partial charge in [-0.05, 0) is 32.0 Å². The minimum atomic E-state index is -0.187. The summed E-state index contributed by atoms with van der Waals surface area (Å²) in [6, 6.07) is 12.2. The van der Waals surface area contributed by atoms with Gasteiger partial charge in [-0.1, -0.05) is 24.8 Å². The van der Waals surface area contributed by atoms with Crippen LogP contribution in [0.25, 0.3) is 15.9 Å². The molecule has 0 spiro atoms. The molecular weight excluding hydrogens is 381 g/mol. The maximum atomic E-state index is 14.1. The molecule has 4 rings (SSSR count). The lowest BCUT2D eigenvalue weighted by molar-refractivity contribution is 0.156. The molecule has 0 amide bonds. The zero-order valence-corrected chi connectivity index (χ0v) is 17.3. The summed E-state index contributed by atoms with van der Waals surface area (Å²) in [5, 5.41) is 0. The highest BCUT2D eigenvalue weighted by Gasteiger charge is 2.32. The third-order valence-electron chi connectivity index (χ3n) is 5.92. The zero-order valence-electron chi connectivity index (χ0n) is 17.3. The number of nitrogens with zero attached hydrogens (tertiary/aromatic N) is 5. The second-order valence-corrected chi connectivity index (χ2v) is 7.95. The minimum Gasteiger partial charge on any atom is -0.362 e. The first-order valence-corrected chi connectivity index (χ1v) is 10.0. The smallest absolute Gasteiger partial charge is 0.270 e. The lowest BCUT2D eigenvalue weighted by atomic mass is 10.0. The number of aryl methyl sites for hydroxylation is 1. The maximum absolute atomic E-state index is 14.1. The van der Waals surface area contributed by atoms with Gasteiger partial charge in [0, 0.05) is 50.4 Å². The number of hydrogen-bond donors (Lipinski definition) is 0. The van der Waals surface area contributed by atoms with Gasteiger partial charge < -0.3 is 14.3 Å². The molecule has 3 heterocycles. The van der Waals surface area contributed by atoms with E-state index in [1.807, 2.05) is 12.1 Å². The lowest BCUT2D eigenvalue weighted by Gasteiger charge is -2.45. The van der Waals surface area contributed by atoms with Crippen LogP contribution >= 0.6 is 0 Å². The summed E-state index contributed by atoms with van der Waals surface area (Å²) in [6.45, 7) is 13.5. The molecule has 0 saturated carbocycles. The largest absolute Gasteiger partial charge is 0.362 e. The molecule has 0 unspecified atom stereocenters. The Hall–Kier alpha value is -3.24. The first kappa shape index (κ1) is 20.0. The molecule has 7 heteroatoms. The Morgan fingerprint density at radius 1 is 1.17 bits per heavy atom. The van der Waals surface area contributed by atoms with Gasteiger partial charge >= 0.3 is 0 Å². The molecule has 30 heavy (non-hydrogen) atoms. The first-order chi connectivity index (χ1) is 14.4. The Morgan fingerprint density at radius 3 is 2.67 bits per heavy atom.